The Hall–Kier alpha value is -2.26. The highest BCUT2D eigenvalue weighted by molar-refractivity contribution is 6.33. The van der Waals surface area contributed by atoms with E-state index in [-0.39, 0.29) is 10.7 Å². The summed E-state index contributed by atoms with van der Waals surface area (Å²) in [6, 6.07) is 4.73. The minimum absolute atomic E-state index is 0.257. The number of unbranched alkanes of at least 4 members (excludes halogenated alkanes) is 1. The summed E-state index contributed by atoms with van der Waals surface area (Å²) in [6.07, 6.45) is 1.89. The Morgan fingerprint density at radius 1 is 1.48 bits per heavy atom. The molecule has 21 heavy (non-hydrogen) atoms. The number of halogens is 1. The van der Waals surface area contributed by atoms with Crippen LogP contribution in [0.1, 0.15) is 31.7 Å². The number of carboxylic acid groups (broad SMARTS) is 1. The fourth-order valence-electron chi connectivity index (χ4n) is 1.67. The Bertz CT molecular complexity index is 569. The SMILES string of the molecule is CCCCC(NC(=O)Nc1cc(C#N)ccc1Cl)C(=O)O. The zero-order valence-corrected chi connectivity index (χ0v) is 12.3. The molecule has 6 nitrogen and oxygen atoms in total. The van der Waals surface area contributed by atoms with E-state index in [0.29, 0.717) is 18.4 Å². The Kier molecular flexibility index (Phi) is 6.50. The molecule has 1 rings (SSSR count). The van der Waals surface area contributed by atoms with Gasteiger partial charge in [-0.15, -0.1) is 0 Å². The maximum absolute atomic E-state index is 11.8. The highest BCUT2D eigenvalue weighted by Crippen LogP contribution is 2.22. The molecule has 0 heterocycles. The molecule has 0 fully saturated rings. The van der Waals surface area contributed by atoms with E-state index in [1.165, 1.54) is 18.2 Å². The molecule has 0 radical (unpaired) electrons. The van der Waals surface area contributed by atoms with Crippen LogP contribution < -0.4 is 10.6 Å². The van der Waals surface area contributed by atoms with Crippen molar-refractivity contribution >= 4 is 29.3 Å². The fourth-order valence-corrected chi connectivity index (χ4v) is 1.84. The molecule has 112 valence electrons. The molecule has 1 aromatic rings. The van der Waals surface area contributed by atoms with Crippen LogP contribution in [-0.2, 0) is 4.79 Å². The summed E-state index contributed by atoms with van der Waals surface area (Å²) in [5.41, 5.74) is 0.600. The molecule has 1 unspecified atom stereocenters. The van der Waals surface area contributed by atoms with Crippen LogP contribution in [0.2, 0.25) is 5.02 Å². The van der Waals surface area contributed by atoms with Gasteiger partial charge in [0.1, 0.15) is 6.04 Å². The Balaban J connectivity index is 2.72. The smallest absolute Gasteiger partial charge is 0.326 e. The number of amides is 2. The van der Waals surface area contributed by atoms with Gasteiger partial charge in [0.25, 0.3) is 0 Å². The lowest BCUT2D eigenvalue weighted by Gasteiger charge is -2.15. The number of nitrogens with zero attached hydrogens (tertiary/aromatic N) is 1. The number of hydrogen-bond donors (Lipinski definition) is 3. The molecule has 1 aromatic carbocycles. The summed E-state index contributed by atoms with van der Waals surface area (Å²) in [6.45, 7) is 1.94. The number of carboxylic acids is 1. The molecule has 3 N–H and O–H groups in total. The van der Waals surface area contributed by atoms with Gasteiger partial charge in [-0.05, 0) is 24.6 Å². The normalized spacial score (nSPS) is 11.3. The first-order chi connectivity index (χ1) is 9.97. The monoisotopic (exact) mass is 309 g/mol. The second-order valence-corrected chi connectivity index (χ2v) is 4.85. The average Bonchev–Trinajstić information content (AvgIpc) is 2.45. The van der Waals surface area contributed by atoms with Gasteiger partial charge in [0.05, 0.1) is 22.3 Å². The topological polar surface area (TPSA) is 102 Å². The van der Waals surface area contributed by atoms with E-state index >= 15 is 0 Å². The number of nitrogens with one attached hydrogen (secondary N) is 2. The van der Waals surface area contributed by atoms with Crippen LogP contribution in [0, 0.1) is 11.3 Å². The van der Waals surface area contributed by atoms with E-state index in [4.69, 9.17) is 22.0 Å². The fraction of sp³-hybridized carbons (Fsp3) is 0.357. The van der Waals surface area contributed by atoms with Crippen molar-refractivity contribution < 1.29 is 14.7 Å². The molecule has 7 heteroatoms. The molecule has 0 spiro atoms. The minimum atomic E-state index is -1.09. The van der Waals surface area contributed by atoms with Crippen molar-refractivity contribution in [3.63, 3.8) is 0 Å². The summed E-state index contributed by atoms with van der Waals surface area (Å²) in [7, 11) is 0. The van der Waals surface area contributed by atoms with E-state index in [0.717, 1.165) is 6.42 Å². The van der Waals surface area contributed by atoms with Gasteiger partial charge in [-0.1, -0.05) is 31.4 Å². The van der Waals surface area contributed by atoms with Gasteiger partial charge >= 0.3 is 12.0 Å². The third-order valence-electron chi connectivity index (χ3n) is 2.79. The first-order valence-electron chi connectivity index (χ1n) is 6.48. The van der Waals surface area contributed by atoms with E-state index in [1.807, 2.05) is 13.0 Å². The van der Waals surface area contributed by atoms with Crippen molar-refractivity contribution in [2.45, 2.75) is 32.2 Å². The molecule has 0 saturated carbocycles. The number of carbonyl (C=O) groups excluding carboxylic acids is 1. The maximum atomic E-state index is 11.8. The quantitative estimate of drug-likeness (QED) is 0.751. The summed E-state index contributed by atoms with van der Waals surface area (Å²) in [4.78, 5) is 22.9. The van der Waals surface area contributed by atoms with Crippen LogP contribution >= 0.6 is 11.6 Å². The van der Waals surface area contributed by atoms with Crippen molar-refractivity contribution in [2.75, 3.05) is 5.32 Å². The lowest BCUT2D eigenvalue weighted by Crippen LogP contribution is -2.43. The second-order valence-electron chi connectivity index (χ2n) is 4.44. The molecule has 0 aliphatic carbocycles. The zero-order chi connectivity index (χ0) is 15.8. The van der Waals surface area contributed by atoms with Gasteiger partial charge in [0.2, 0.25) is 0 Å². The molecule has 1 atom stereocenters. The van der Waals surface area contributed by atoms with Gasteiger partial charge in [0.15, 0.2) is 0 Å². The number of hydrogen-bond acceptors (Lipinski definition) is 3. The van der Waals surface area contributed by atoms with Gasteiger partial charge in [0, 0.05) is 0 Å². The zero-order valence-electron chi connectivity index (χ0n) is 11.5. The molecule has 0 aromatic heterocycles. The Morgan fingerprint density at radius 3 is 2.76 bits per heavy atom. The highest BCUT2D eigenvalue weighted by Gasteiger charge is 2.19. The van der Waals surface area contributed by atoms with Crippen LogP contribution in [0.3, 0.4) is 0 Å². The molecular weight excluding hydrogens is 294 g/mol. The van der Waals surface area contributed by atoms with Gasteiger partial charge < -0.3 is 15.7 Å². The third kappa shape index (κ3) is 5.32. The van der Waals surface area contributed by atoms with Crippen molar-refractivity contribution in [1.82, 2.24) is 5.32 Å². The first kappa shape index (κ1) is 16.8. The summed E-state index contributed by atoms with van der Waals surface area (Å²) in [5, 5.41) is 22.9. The molecular formula is C14H16ClN3O3. The van der Waals surface area contributed by atoms with Gasteiger partial charge in [-0.25, -0.2) is 9.59 Å². The standard InChI is InChI=1S/C14H16ClN3O3/c1-2-3-4-11(13(19)20)17-14(21)18-12-7-9(8-16)5-6-10(12)15/h5-7,11H,2-4H2,1H3,(H,19,20)(H2,17,18,21). The van der Waals surface area contributed by atoms with Crippen LogP contribution in [0.25, 0.3) is 0 Å². The van der Waals surface area contributed by atoms with Crippen LogP contribution in [-0.4, -0.2) is 23.1 Å². The first-order valence-corrected chi connectivity index (χ1v) is 6.85. The number of nitriles is 1. The van der Waals surface area contributed by atoms with Gasteiger partial charge in [-0.2, -0.15) is 5.26 Å². The number of urea groups is 1. The van der Waals surface area contributed by atoms with E-state index < -0.39 is 18.0 Å². The highest BCUT2D eigenvalue weighted by atomic mass is 35.5. The van der Waals surface area contributed by atoms with Crippen LogP contribution in [0.4, 0.5) is 10.5 Å². The molecule has 0 aliphatic heterocycles. The Morgan fingerprint density at radius 2 is 2.19 bits per heavy atom. The number of aliphatic carboxylic acids is 1. The lowest BCUT2D eigenvalue weighted by atomic mass is 10.1. The largest absolute Gasteiger partial charge is 0.480 e. The maximum Gasteiger partial charge on any atom is 0.326 e. The van der Waals surface area contributed by atoms with Crippen molar-refractivity contribution in [2.24, 2.45) is 0 Å². The van der Waals surface area contributed by atoms with E-state index in [2.05, 4.69) is 10.6 Å². The number of benzene rings is 1. The van der Waals surface area contributed by atoms with Crippen molar-refractivity contribution in [1.29, 1.82) is 5.26 Å². The summed E-state index contributed by atoms with van der Waals surface area (Å²) < 4.78 is 0. The number of anilines is 1. The molecule has 0 bridgehead atoms. The molecule has 2 amide bonds. The second kappa shape index (κ2) is 8.12. The summed E-state index contributed by atoms with van der Waals surface area (Å²) in [5.74, 6) is -1.09. The summed E-state index contributed by atoms with van der Waals surface area (Å²) >= 11 is 5.91. The average molecular weight is 310 g/mol. The Labute approximate surface area is 127 Å². The predicted molar refractivity (Wildman–Crippen MR) is 79.3 cm³/mol. The number of rotatable bonds is 6. The minimum Gasteiger partial charge on any atom is -0.480 e. The van der Waals surface area contributed by atoms with Crippen LogP contribution in [0.15, 0.2) is 18.2 Å². The lowest BCUT2D eigenvalue weighted by molar-refractivity contribution is -0.139. The van der Waals surface area contributed by atoms with Crippen molar-refractivity contribution in [3.05, 3.63) is 28.8 Å². The van der Waals surface area contributed by atoms with Gasteiger partial charge in [-0.3, -0.25) is 0 Å². The predicted octanol–water partition coefficient (Wildman–Crippen LogP) is 2.98. The third-order valence-corrected chi connectivity index (χ3v) is 3.12. The molecule has 0 aliphatic rings. The van der Waals surface area contributed by atoms with E-state index in [1.54, 1.807) is 0 Å². The van der Waals surface area contributed by atoms with E-state index in [9.17, 15) is 9.59 Å². The number of carbonyl (C=O) groups is 2. The van der Waals surface area contributed by atoms with Crippen LogP contribution in [0.5, 0.6) is 0 Å². The van der Waals surface area contributed by atoms with Crippen molar-refractivity contribution in [3.8, 4) is 6.07 Å². The molecule has 0 saturated heterocycles.